The predicted molar refractivity (Wildman–Crippen MR) is 114 cm³/mol. The number of nitrogens with one attached hydrogen (secondary N) is 1. The number of phenols is 1. The van der Waals surface area contributed by atoms with Crippen LogP contribution in [0.5, 0.6) is 11.5 Å². The number of carbonyl (C=O) groups excluding carboxylic acids is 2. The van der Waals surface area contributed by atoms with E-state index in [9.17, 15) is 19.8 Å². The summed E-state index contributed by atoms with van der Waals surface area (Å²) >= 11 is 0. The second-order valence-electron chi connectivity index (χ2n) is 8.66. The molecule has 0 aliphatic carbocycles. The summed E-state index contributed by atoms with van der Waals surface area (Å²) in [7, 11) is 1.48. The van der Waals surface area contributed by atoms with E-state index in [1.165, 1.54) is 7.11 Å². The monoisotopic (exact) mass is 442 g/mol. The molecule has 4 atom stereocenters. The third-order valence-electron chi connectivity index (χ3n) is 6.71. The lowest BCUT2D eigenvalue weighted by molar-refractivity contribution is -0.146. The van der Waals surface area contributed by atoms with E-state index < -0.39 is 17.7 Å². The minimum Gasteiger partial charge on any atom is -0.507 e. The molecule has 9 heteroatoms. The van der Waals surface area contributed by atoms with Crippen molar-refractivity contribution in [2.75, 3.05) is 33.5 Å². The topological polar surface area (TPSA) is 118 Å². The third-order valence-corrected chi connectivity index (χ3v) is 6.71. The average Bonchev–Trinajstić information content (AvgIpc) is 3.40. The van der Waals surface area contributed by atoms with Gasteiger partial charge in [-0.25, -0.2) is 0 Å². The van der Waals surface area contributed by atoms with Gasteiger partial charge in [0.1, 0.15) is 11.5 Å². The highest BCUT2D eigenvalue weighted by atomic mass is 16.5. The van der Waals surface area contributed by atoms with Gasteiger partial charge in [-0.15, -0.1) is 0 Å². The number of benzene rings is 2. The van der Waals surface area contributed by atoms with Gasteiger partial charge in [-0.2, -0.15) is 0 Å². The number of methoxy groups -OCH3 is 1. The van der Waals surface area contributed by atoms with E-state index >= 15 is 0 Å². The van der Waals surface area contributed by atoms with Crippen molar-refractivity contribution in [1.82, 2.24) is 10.2 Å². The van der Waals surface area contributed by atoms with E-state index in [0.29, 0.717) is 36.1 Å². The lowest BCUT2D eigenvalue weighted by Crippen LogP contribution is -2.58. The predicted octanol–water partition coefficient (Wildman–Crippen LogP) is 0.803. The number of likely N-dealkylation sites (tertiary alicyclic amines) is 1. The molecular formula is C23H26N2O7. The molecular weight excluding hydrogens is 416 g/mol. The van der Waals surface area contributed by atoms with Crippen molar-refractivity contribution < 1.29 is 34.0 Å². The second kappa shape index (κ2) is 7.91. The Morgan fingerprint density at radius 2 is 2.12 bits per heavy atom. The zero-order valence-electron chi connectivity index (χ0n) is 17.7. The summed E-state index contributed by atoms with van der Waals surface area (Å²) in [6, 6.07) is 7.85. The number of aliphatic hydroxyl groups is 1. The van der Waals surface area contributed by atoms with Crippen molar-refractivity contribution in [3.63, 3.8) is 0 Å². The van der Waals surface area contributed by atoms with Crippen LogP contribution in [0.4, 0.5) is 0 Å². The molecule has 0 aromatic heterocycles. The Balaban J connectivity index is 1.39. The fraction of sp³-hybridized carbons (Fsp3) is 0.478. The first kappa shape index (κ1) is 21.0. The molecule has 2 aromatic carbocycles. The summed E-state index contributed by atoms with van der Waals surface area (Å²) in [4.78, 5) is 28.3. The summed E-state index contributed by atoms with van der Waals surface area (Å²) in [5.41, 5.74) is -0.755. The molecule has 9 nitrogen and oxygen atoms in total. The molecule has 2 aromatic rings. The first-order chi connectivity index (χ1) is 15.4. The number of morpholine rings is 1. The van der Waals surface area contributed by atoms with Gasteiger partial charge in [0, 0.05) is 18.4 Å². The minimum atomic E-state index is -1.12. The van der Waals surface area contributed by atoms with Crippen LogP contribution in [0.25, 0.3) is 10.8 Å². The van der Waals surface area contributed by atoms with Gasteiger partial charge in [-0.3, -0.25) is 9.59 Å². The highest BCUT2D eigenvalue weighted by molar-refractivity contribution is 6.03. The van der Waals surface area contributed by atoms with E-state index in [2.05, 4.69) is 5.32 Å². The van der Waals surface area contributed by atoms with E-state index in [-0.39, 0.29) is 43.4 Å². The van der Waals surface area contributed by atoms with Crippen LogP contribution in [0, 0.1) is 0 Å². The van der Waals surface area contributed by atoms with Gasteiger partial charge in [-0.1, -0.05) is 12.1 Å². The van der Waals surface area contributed by atoms with Gasteiger partial charge in [0.05, 0.1) is 50.6 Å². The van der Waals surface area contributed by atoms with Gasteiger partial charge < -0.3 is 34.6 Å². The highest BCUT2D eigenvalue weighted by Gasteiger charge is 2.57. The molecule has 3 aliphatic rings. The SMILES string of the molecule is COc1cc2c(O)cccc2cc1C(=O)N1C[C@@]2(C(=O)N[C@H]3CCOC[C@@H]3O)CC1CO2. The Hall–Kier alpha value is -2.88. The number of hydrogen-bond acceptors (Lipinski definition) is 7. The summed E-state index contributed by atoms with van der Waals surface area (Å²) in [5, 5.41) is 24.4. The van der Waals surface area contributed by atoms with Crippen molar-refractivity contribution >= 4 is 22.6 Å². The molecule has 0 saturated carbocycles. The second-order valence-corrected chi connectivity index (χ2v) is 8.66. The van der Waals surface area contributed by atoms with Gasteiger partial charge in [0.25, 0.3) is 11.8 Å². The molecule has 2 amide bonds. The number of fused-ring (bicyclic) bond motifs is 3. The molecule has 3 fully saturated rings. The fourth-order valence-electron chi connectivity index (χ4n) is 4.91. The number of hydrogen-bond donors (Lipinski definition) is 3. The van der Waals surface area contributed by atoms with Crippen molar-refractivity contribution in [3.8, 4) is 11.5 Å². The van der Waals surface area contributed by atoms with E-state index in [1.54, 1.807) is 29.2 Å². The molecule has 32 heavy (non-hydrogen) atoms. The maximum Gasteiger partial charge on any atom is 0.258 e. The molecule has 1 unspecified atom stereocenters. The number of rotatable bonds is 4. The number of aliphatic hydroxyl groups excluding tert-OH is 1. The van der Waals surface area contributed by atoms with Crippen LogP contribution in [0.3, 0.4) is 0 Å². The number of aromatic hydroxyl groups is 1. The van der Waals surface area contributed by atoms with E-state index in [1.807, 2.05) is 6.07 Å². The molecule has 2 bridgehead atoms. The Bertz CT molecular complexity index is 1070. The Kier molecular flexibility index (Phi) is 5.19. The number of amides is 2. The minimum absolute atomic E-state index is 0.111. The number of ether oxygens (including phenoxy) is 3. The van der Waals surface area contributed by atoms with Crippen LogP contribution < -0.4 is 10.1 Å². The number of phenolic OH excluding ortho intramolecular Hbond substituents is 1. The van der Waals surface area contributed by atoms with Crippen molar-refractivity contribution in [3.05, 3.63) is 35.9 Å². The van der Waals surface area contributed by atoms with Crippen molar-refractivity contribution in [1.29, 1.82) is 0 Å². The quantitative estimate of drug-likeness (QED) is 0.641. The van der Waals surface area contributed by atoms with Crippen LogP contribution in [-0.4, -0.2) is 84.2 Å². The van der Waals surface area contributed by atoms with Crippen LogP contribution in [-0.2, 0) is 14.3 Å². The van der Waals surface area contributed by atoms with Crippen LogP contribution in [0.2, 0.25) is 0 Å². The summed E-state index contributed by atoms with van der Waals surface area (Å²) in [6.45, 7) is 1.05. The standard InChI is InChI=1S/C23H26N2O7/c1-30-20-8-15-13(3-2-4-18(15)26)7-16(20)21(28)25-12-23(9-14(25)10-32-23)22(29)24-17-5-6-31-11-19(17)27/h2-4,7-8,14,17,19,26-27H,5-6,9-12H2,1H3,(H,24,29)/t14?,17-,19-,23+/m0/s1. The van der Waals surface area contributed by atoms with Gasteiger partial charge in [0.2, 0.25) is 0 Å². The summed E-state index contributed by atoms with van der Waals surface area (Å²) in [6.07, 6.45) is 0.162. The van der Waals surface area contributed by atoms with Crippen LogP contribution >= 0.6 is 0 Å². The summed E-state index contributed by atoms with van der Waals surface area (Å²) in [5.74, 6) is -0.0892. The lowest BCUT2D eigenvalue weighted by Gasteiger charge is -2.35. The third kappa shape index (κ3) is 3.37. The molecule has 0 radical (unpaired) electrons. The molecule has 170 valence electrons. The number of carbonyl (C=O) groups is 2. The zero-order chi connectivity index (χ0) is 22.5. The Morgan fingerprint density at radius 1 is 1.28 bits per heavy atom. The molecule has 0 spiro atoms. The molecule has 5 rings (SSSR count). The first-order valence-corrected chi connectivity index (χ1v) is 10.7. The summed E-state index contributed by atoms with van der Waals surface area (Å²) < 4.78 is 16.5. The molecule has 3 heterocycles. The average molecular weight is 442 g/mol. The smallest absolute Gasteiger partial charge is 0.258 e. The van der Waals surface area contributed by atoms with Gasteiger partial charge in [0.15, 0.2) is 5.60 Å². The normalized spacial score (nSPS) is 29.3. The van der Waals surface area contributed by atoms with E-state index in [4.69, 9.17) is 14.2 Å². The largest absolute Gasteiger partial charge is 0.507 e. The lowest BCUT2D eigenvalue weighted by atomic mass is 9.99. The Morgan fingerprint density at radius 3 is 2.91 bits per heavy atom. The molecule has 3 saturated heterocycles. The van der Waals surface area contributed by atoms with Crippen molar-refractivity contribution in [2.24, 2.45) is 0 Å². The first-order valence-electron chi connectivity index (χ1n) is 10.7. The van der Waals surface area contributed by atoms with Crippen LogP contribution in [0.1, 0.15) is 23.2 Å². The fourth-order valence-corrected chi connectivity index (χ4v) is 4.91. The van der Waals surface area contributed by atoms with Gasteiger partial charge in [-0.05, 0) is 30.0 Å². The Labute approximate surface area is 184 Å². The maximum absolute atomic E-state index is 13.5. The highest BCUT2D eigenvalue weighted by Crippen LogP contribution is 2.40. The molecule has 3 aliphatic heterocycles. The maximum atomic E-state index is 13.5. The van der Waals surface area contributed by atoms with Gasteiger partial charge >= 0.3 is 0 Å². The zero-order valence-corrected chi connectivity index (χ0v) is 17.7. The van der Waals surface area contributed by atoms with E-state index in [0.717, 1.165) is 5.39 Å². The van der Waals surface area contributed by atoms with Crippen molar-refractivity contribution in [2.45, 2.75) is 36.6 Å². The van der Waals surface area contributed by atoms with Crippen LogP contribution in [0.15, 0.2) is 30.3 Å². The molecule has 3 N–H and O–H groups in total. The number of nitrogens with zero attached hydrogens (tertiary/aromatic N) is 1.